The van der Waals surface area contributed by atoms with E-state index in [2.05, 4.69) is 11.1 Å². The van der Waals surface area contributed by atoms with Crippen LogP contribution in [0.2, 0.25) is 25.1 Å². The van der Waals surface area contributed by atoms with Gasteiger partial charge in [-0.05, 0) is 0 Å². The van der Waals surface area contributed by atoms with Gasteiger partial charge < -0.3 is 14.9 Å². The third-order valence-corrected chi connectivity index (χ3v) is 4.29. The van der Waals surface area contributed by atoms with Gasteiger partial charge in [-0.25, -0.2) is 4.57 Å². The number of aromatic hydroxyl groups is 1. The summed E-state index contributed by atoms with van der Waals surface area (Å²) in [5.74, 6) is -0.363. The van der Waals surface area contributed by atoms with Gasteiger partial charge in [0.05, 0.1) is 21.7 Å². The highest BCUT2D eigenvalue weighted by Crippen LogP contribution is 2.47. The second-order valence-corrected chi connectivity index (χ2v) is 6.12. The van der Waals surface area contributed by atoms with Crippen LogP contribution < -0.4 is 0 Å². The fourth-order valence-electron chi connectivity index (χ4n) is 0.743. The fourth-order valence-corrected chi connectivity index (χ4v) is 2.17. The number of phenols is 1. The molecule has 0 amide bonds. The van der Waals surface area contributed by atoms with Gasteiger partial charge in [0.2, 0.25) is 0 Å². The summed E-state index contributed by atoms with van der Waals surface area (Å²) >= 11 is 27.9. The molecular formula is C9H8Cl5O5P. The van der Waals surface area contributed by atoms with E-state index in [4.69, 9.17) is 67.8 Å². The maximum atomic E-state index is 9.81. The molecule has 114 valence electrons. The van der Waals surface area contributed by atoms with Gasteiger partial charge in [0.1, 0.15) is 10.0 Å². The van der Waals surface area contributed by atoms with Crippen molar-refractivity contribution in [1.82, 2.24) is 0 Å². The average Bonchev–Trinajstić information content (AvgIpc) is 2.38. The van der Waals surface area contributed by atoms with E-state index in [1.807, 2.05) is 0 Å². The molecular weight excluding hydrogens is 396 g/mol. The summed E-state index contributed by atoms with van der Waals surface area (Å²) in [5, 5.41) is 9.01. The molecule has 5 nitrogen and oxygen atoms in total. The molecule has 0 saturated carbocycles. The minimum atomic E-state index is -4.25. The second kappa shape index (κ2) is 8.69. The molecule has 1 aromatic rings. The van der Waals surface area contributed by atoms with Crippen LogP contribution >= 0.6 is 65.8 Å². The smallest absolute Gasteiger partial charge is 0.469 e. The van der Waals surface area contributed by atoms with Crippen LogP contribution in [0, 0.1) is 0 Å². The molecule has 11 heteroatoms. The molecule has 3 N–H and O–H groups in total. The average molecular weight is 404 g/mol. The van der Waals surface area contributed by atoms with Gasteiger partial charge in [-0.15, -0.1) is 6.58 Å². The van der Waals surface area contributed by atoms with Gasteiger partial charge in [-0.3, -0.25) is 4.52 Å². The molecule has 0 fully saturated rings. The lowest BCUT2D eigenvalue weighted by atomic mass is 10.3. The number of hydrogen-bond acceptors (Lipinski definition) is 3. The highest BCUT2D eigenvalue weighted by atomic mass is 35.5. The van der Waals surface area contributed by atoms with Crippen molar-refractivity contribution < 1.29 is 24.0 Å². The Morgan fingerprint density at radius 3 is 1.60 bits per heavy atom. The van der Waals surface area contributed by atoms with E-state index in [0.29, 0.717) is 0 Å². The Morgan fingerprint density at radius 2 is 1.35 bits per heavy atom. The SMILES string of the molecule is C=CCOP(=O)(O)O.Oc1c(Cl)c(Cl)c(Cl)c(Cl)c1Cl. The maximum absolute atomic E-state index is 9.81. The largest absolute Gasteiger partial charge is 0.505 e. The minimum Gasteiger partial charge on any atom is -0.505 e. The number of phosphoric acid groups is 1. The Balaban J connectivity index is 0.000000396. The summed E-state index contributed by atoms with van der Waals surface area (Å²) in [5.41, 5.74) is 0. The van der Waals surface area contributed by atoms with Crippen LogP contribution in [-0.2, 0) is 9.09 Å². The highest BCUT2D eigenvalue weighted by molar-refractivity contribution is 7.46. The first-order valence-corrected chi connectivity index (χ1v) is 7.96. The summed E-state index contributed by atoms with van der Waals surface area (Å²) in [6.45, 7) is 3.07. The molecule has 0 unspecified atom stereocenters. The van der Waals surface area contributed by atoms with Crippen LogP contribution in [0.3, 0.4) is 0 Å². The minimum absolute atomic E-state index is 0.00904. The number of benzene rings is 1. The second-order valence-electron chi connectivity index (χ2n) is 2.99. The number of halogens is 5. The molecule has 0 aliphatic heterocycles. The van der Waals surface area contributed by atoms with Crippen molar-refractivity contribution in [2.75, 3.05) is 6.61 Å². The summed E-state index contributed by atoms with van der Waals surface area (Å²) in [6.07, 6.45) is 1.26. The van der Waals surface area contributed by atoms with E-state index in [0.717, 1.165) is 0 Å². The zero-order chi connectivity index (χ0) is 16.1. The standard InChI is InChI=1S/C6HCl5O.C3H7O4P/c7-1-2(8)4(10)6(12)5(11)3(1)9;1-2-3-7-8(4,5)6/h12H;2H,1,3H2,(H2,4,5,6). The predicted octanol–water partition coefficient (Wildman–Crippen LogP) is 4.94. The first kappa shape index (κ1) is 20.3. The Kier molecular flexibility index (Phi) is 8.83. The van der Waals surface area contributed by atoms with Gasteiger partial charge >= 0.3 is 7.82 Å². The molecule has 0 aliphatic carbocycles. The van der Waals surface area contributed by atoms with Crippen molar-refractivity contribution in [3.8, 4) is 5.75 Å². The summed E-state index contributed by atoms with van der Waals surface area (Å²) in [4.78, 5) is 16.0. The zero-order valence-electron chi connectivity index (χ0n) is 9.49. The van der Waals surface area contributed by atoms with Crippen molar-refractivity contribution in [3.05, 3.63) is 37.8 Å². The third-order valence-electron chi connectivity index (χ3n) is 1.55. The summed E-state index contributed by atoms with van der Waals surface area (Å²) in [7, 11) is -4.25. The molecule has 1 rings (SSSR count). The number of phosphoric ester groups is 1. The zero-order valence-corrected chi connectivity index (χ0v) is 14.2. The van der Waals surface area contributed by atoms with E-state index in [9.17, 15) is 9.67 Å². The fraction of sp³-hybridized carbons (Fsp3) is 0.111. The summed E-state index contributed by atoms with van der Waals surface area (Å²) in [6, 6.07) is 0. The summed E-state index contributed by atoms with van der Waals surface area (Å²) < 4.78 is 13.7. The van der Waals surface area contributed by atoms with Crippen LogP contribution in [0.4, 0.5) is 0 Å². The van der Waals surface area contributed by atoms with Gasteiger partial charge in [-0.1, -0.05) is 64.1 Å². The third kappa shape index (κ3) is 6.39. The number of hydrogen-bond donors (Lipinski definition) is 3. The molecule has 0 radical (unpaired) electrons. The van der Waals surface area contributed by atoms with E-state index < -0.39 is 7.82 Å². The van der Waals surface area contributed by atoms with E-state index in [-0.39, 0.29) is 37.5 Å². The first-order chi connectivity index (χ1) is 9.02. The lowest BCUT2D eigenvalue weighted by Gasteiger charge is -2.06. The van der Waals surface area contributed by atoms with Gasteiger partial charge in [0.15, 0.2) is 5.75 Å². The monoisotopic (exact) mass is 402 g/mol. The molecule has 0 heterocycles. The Labute approximate surface area is 139 Å². The molecule has 0 bridgehead atoms. The van der Waals surface area contributed by atoms with Crippen LogP contribution in [0.15, 0.2) is 12.7 Å². The number of rotatable bonds is 3. The Hall–Kier alpha value is 0.320. The predicted molar refractivity (Wildman–Crippen MR) is 81.3 cm³/mol. The van der Waals surface area contributed by atoms with Crippen LogP contribution in [0.5, 0.6) is 5.75 Å². The molecule has 0 aromatic heterocycles. The van der Waals surface area contributed by atoms with Crippen LogP contribution in [-0.4, -0.2) is 21.5 Å². The molecule has 1 aromatic carbocycles. The quantitative estimate of drug-likeness (QED) is 0.287. The molecule has 0 aliphatic rings. The maximum Gasteiger partial charge on any atom is 0.469 e. The van der Waals surface area contributed by atoms with Crippen LogP contribution in [0.25, 0.3) is 0 Å². The van der Waals surface area contributed by atoms with Gasteiger partial charge in [-0.2, -0.15) is 0 Å². The van der Waals surface area contributed by atoms with Gasteiger partial charge in [0.25, 0.3) is 0 Å². The van der Waals surface area contributed by atoms with E-state index in [1.165, 1.54) is 6.08 Å². The molecule has 20 heavy (non-hydrogen) atoms. The molecule has 0 saturated heterocycles. The first-order valence-electron chi connectivity index (χ1n) is 4.54. The van der Waals surface area contributed by atoms with Crippen molar-refractivity contribution in [1.29, 1.82) is 0 Å². The van der Waals surface area contributed by atoms with Gasteiger partial charge in [0, 0.05) is 0 Å². The Morgan fingerprint density at radius 1 is 1.00 bits per heavy atom. The van der Waals surface area contributed by atoms with E-state index in [1.54, 1.807) is 0 Å². The van der Waals surface area contributed by atoms with Crippen molar-refractivity contribution in [3.63, 3.8) is 0 Å². The molecule has 0 atom stereocenters. The van der Waals surface area contributed by atoms with Crippen LogP contribution in [0.1, 0.15) is 0 Å². The lowest BCUT2D eigenvalue weighted by Crippen LogP contribution is -1.86. The Bertz CT molecular complexity index is 439. The van der Waals surface area contributed by atoms with Crippen molar-refractivity contribution >= 4 is 65.8 Å². The topological polar surface area (TPSA) is 87.0 Å². The van der Waals surface area contributed by atoms with Crippen molar-refractivity contribution in [2.45, 2.75) is 0 Å². The molecule has 0 spiro atoms. The number of phenolic OH excluding ortho intramolecular Hbond substituents is 1. The lowest BCUT2D eigenvalue weighted by molar-refractivity contribution is 0.216. The highest BCUT2D eigenvalue weighted by Gasteiger charge is 2.18. The van der Waals surface area contributed by atoms with Crippen molar-refractivity contribution in [2.24, 2.45) is 0 Å². The normalized spacial score (nSPS) is 10.8. The van der Waals surface area contributed by atoms with E-state index >= 15 is 0 Å².